The van der Waals surface area contributed by atoms with Crippen LogP contribution >= 0.6 is 0 Å². The number of para-hydroxylation sites is 1. The molecule has 2 aromatic carbocycles. The highest BCUT2D eigenvalue weighted by molar-refractivity contribution is 5.94. The molecule has 0 atom stereocenters. The number of carbonyl (C=O) groups excluding carboxylic acids is 3. The lowest BCUT2D eigenvalue weighted by atomic mass is 10.2. The van der Waals surface area contributed by atoms with Crippen LogP contribution in [0.25, 0.3) is 0 Å². The molecule has 28 heavy (non-hydrogen) atoms. The van der Waals surface area contributed by atoms with Gasteiger partial charge in [0.15, 0.2) is 6.61 Å². The van der Waals surface area contributed by atoms with Gasteiger partial charge in [-0.2, -0.15) is 0 Å². The number of anilines is 1. The average molecular weight is 385 g/mol. The molecule has 0 saturated carbocycles. The second kappa shape index (κ2) is 10.7. The van der Waals surface area contributed by atoms with Crippen molar-refractivity contribution < 1.29 is 23.9 Å². The normalized spacial score (nSPS) is 10.1. The highest BCUT2D eigenvalue weighted by Crippen LogP contribution is 2.15. The first-order chi connectivity index (χ1) is 13.5. The SMILES string of the molecule is CCOC(=O)c1ccc(NC(=O)CNNC(=O)COc2ccccc2C)cc1. The number of esters is 1. The standard InChI is InChI=1S/C20H23N3O5/c1-3-27-20(26)15-8-10-16(11-9-15)22-18(24)12-21-23-19(25)13-28-17-7-5-4-6-14(17)2/h4-11,21H,3,12-13H2,1-2H3,(H,22,24)(H,23,25). The molecule has 2 rings (SSSR count). The molecule has 148 valence electrons. The molecule has 0 heterocycles. The summed E-state index contributed by atoms with van der Waals surface area (Å²) in [6.45, 7) is 3.61. The summed E-state index contributed by atoms with van der Waals surface area (Å²) in [6, 6.07) is 13.7. The van der Waals surface area contributed by atoms with Crippen LogP contribution in [0.4, 0.5) is 5.69 Å². The molecule has 0 spiro atoms. The van der Waals surface area contributed by atoms with Crippen LogP contribution in [0.5, 0.6) is 5.75 Å². The van der Waals surface area contributed by atoms with Crippen molar-refractivity contribution in [3.63, 3.8) is 0 Å². The third kappa shape index (κ3) is 6.73. The second-order valence-electron chi connectivity index (χ2n) is 5.80. The minimum absolute atomic E-state index is 0.129. The summed E-state index contributed by atoms with van der Waals surface area (Å²) in [5.74, 6) is -0.557. The third-order valence-electron chi connectivity index (χ3n) is 3.61. The molecule has 0 fully saturated rings. The molecule has 0 saturated heterocycles. The van der Waals surface area contributed by atoms with E-state index in [-0.39, 0.29) is 19.1 Å². The number of benzene rings is 2. The number of hydrogen-bond donors (Lipinski definition) is 3. The molecule has 0 aromatic heterocycles. The van der Waals surface area contributed by atoms with Crippen molar-refractivity contribution in [2.75, 3.05) is 25.1 Å². The zero-order valence-electron chi connectivity index (χ0n) is 15.8. The van der Waals surface area contributed by atoms with Crippen LogP contribution in [0.2, 0.25) is 0 Å². The van der Waals surface area contributed by atoms with Gasteiger partial charge in [0.2, 0.25) is 5.91 Å². The van der Waals surface area contributed by atoms with E-state index in [2.05, 4.69) is 16.2 Å². The summed E-state index contributed by atoms with van der Waals surface area (Å²) in [5.41, 5.74) is 6.78. The molecule has 0 bridgehead atoms. The van der Waals surface area contributed by atoms with Gasteiger partial charge >= 0.3 is 5.97 Å². The van der Waals surface area contributed by atoms with Crippen molar-refractivity contribution in [2.45, 2.75) is 13.8 Å². The highest BCUT2D eigenvalue weighted by atomic mass is 16.5. The second-order valence-corrected chi connectivity index (χ2v) is 5.80. The number of nitrogens with one attached hydrogen (secondary N) is 3. The van der Waals surface area contributed by atoms with Gasteiger partial charge in [-0.25, -0.2) is 10.2 Å². The van der Waals surface area contributed by atoms with Crippen molar-refractivity contribution in [1.82, 2.24) is 10.9 Å². The van der Waals surface area contributed by atoms with E-state index in [0.717, 1.165) is 5.56 Å². The number of ether oxygens (including phenoxy) is 2. The van der Waals surface area contributed by atoms with Gasteiger partial charge in [0, 0.05) is 5.69 Å². The van der Waals surface area contributed by atoms with Crippen LogP contribution in [0.1, 0.15) is 22.8 Å². The number of carbonyl (C=O) groups is 3. The lowest BCUT2D eigenvalue weighted by Crippen LogP contribution is -2.44. The zero-order chi connectivity index (χ0) is 20.4. The van der Waals surface area contributed by atoms with Crippen molar-refractivity contribution in [3.05, 3.63) is 59.7 Å². The molecular weight excluding hydrogens is 362 g/mol. The van der Waals surface area contributed by atoms with Crippen LogP contribution in [0, 0.1) is 6.92 Å². The Morgan fingerprint density at radius 2 is 1.68 bits per heavy atom. The number of amides is 2. The first kappa shape index (κ1) is 20.9. The lowest BCUT2D eigenvalue weighted by molar-refractivity contribution is -0.124. The quantitative estimate of drug-likeness (QED) is 0.449. The maximum Gasteiger partial charge on any atom is 0.338 e. The Labute approximate surface area is 163 Å². The molecule has 2 amide bonds. The van der Waals surface area contributed by atoms with E-state index in [4.69, 9.17) is 9.47 Å². The molecular formula is C20H23N3O5. The fourth-order valence-electron chi connectivity index (χ4n) is 2.23. The summed E-state index contributed by atoms with van der Waals surface area (Å²) >= 11 is 0. The largest absolute Gasteiger partial charge is 0.483 e. The monoisotopic (exact) mass is 385 g/mol. The van der Waals surface area contributed by atoms with E-state index in [1.807, 2.05) is 25.1 Å². The molecule has 8 nitrogen and oxygen atoms in total. The van der Waals surface area contributed by atoms with E-state index in [0.29, 0.717) is 23.6 Å². The summed E-state index contributed by atoms with van der Waals surface area (Å²) in [5, 5.41) is 2.64. The van der Waals surface area contributed by atoms with Gasteiger partial charge in [-0.1, -0.05) is 18.2 Å². The first-order valence-electron chi connectivity index (χ1n) is 8.76. The van der Waals surface area contributed by atoms with E-state index < -0.39 is 11.9 Å². The van der Waals surface area contributed by atoms with Gasteiger partial charge in [0.05, 0.1) is 18.7 Å². The Bertz CT molecular complexity index is 821. The summed E-state index contributed by atoms with van der Waals surface area (Å²) in [7, 11) is 0. The number of hydrogen-bond acceptors (Lipinski definition) is 6. The van der Waals surface area contributed by atoms with Crippen LogP contribution < -0.4 is 20.9 Å². The molecule has 0 radical (unpaired) electrons. The summed E-state index contributed by atoms with van der Waals surface area (Å²) in [6.07, 6.45) is 0. The Morgan fingerprint density at radius 1 is 0.964 bits per heavy atom. The molecule has 0 aliphatic rings. The molecule has 0 aliphatic carbocycles. The van der Waals surface area contributed by atoms with Gasteiger partial charge < -0.3 is 14.8 Å². The van der Waals surface area contributed by atoms with Crippen molar-refractivity contribution in [3.8, 4) is 5.75 Å². The predicted octanol–water partition coefficient (Wildman–Crippen LogP) is 1.81. The van der Waals surface area contributed by atoms with Crippen molar-refractivity contribution in [1.29, 1.82) is 0 Å². The Kier molecular flexibility index (Phi) is 7.98. The maximum atomic E-state index is 11.9. The van der Waals surface area contributed by atoms with Crippen molar-refractivity contribution >= 4 is 23.5 Å². The molecule has 2 aromatic rings. The van der Waals surface area contributed by atoms with Crippen LogP contribution in [-0.2, 0) is 14.3 Å². The van der Waals surface area contributed by atoms with E-state index in [1.165, 1.54) is 0 Å². The summed E-state index contributed by atoms with van der Waals surface area (Å²) in [4.78, 5) is 35.2. The Morgan fingerprint density at radius 3 is 2.36 bits per heavy atom. The Hall–Kier alpha value is -3.39. The fraction of sp³-hybridized carbons (Fsp3) is 0.250. The first-order valence-corrected chi connectivity index (χ1v) is 8.76. The van der Waals surface area contributed by atoms with Gasteiger partial charge in [0.1, 0.15) is 5.75 Å². The predicted molar refractivity (Wildman–Crippen MR) is 104 cm³/mol. The topological polar surface area (TPSA) is 106 Å². The molecule has 8 heteroatoms. The molecule has 3 N–H and O–H groups in total. The van der Waals surface area contributed by atoms with Crippen LogP contribution in [-0.4, -0.2) is 37.5 Å². The van der Waals surface area contributed by atoms with Gasteiger partial charge in [0.25, 0.3) is 5.91 Å². The summed E-state index contributed by atoms with van der Waals surface area (Å²) < 4.78 is 10.3. The Balaban J connectivity index is 1.68. The highest BCUT2D eigenvalue weighted by Gasteiger charge is 2.08. The van der Waals surface area contributed by atoms with E-state index in [9.17, 15) is 14.4 Å². The van der Waals surface area contributed by atoms with Gasteiger partial charge in [-0.15, -0.1) is 0 Å². The minimum Gasteiger partial charge on any atom is -0.483 e. The number of aryl methyl sites for hydroxylation is 1. The minimum atomic E-state index is -0.419. The smallest absolute Gasteiger partial charge is 0.338 e. The zero-order valence-corrected chi connectivity index (χ0v) is 15.8. The fourth-order valence-corrected chi connectivity index (χ4v) is 2.23. The van der Waals surface area contributed by atoms with Crippen molar-refractivity contribution in [2.24, 2.45) is 0 Å². The number of hydrazine groups is 1. The molecule has 0 unspecified atom stereocenters. The molecule has 0 aliphatic heterocycles. The van der Waals surface area contributed by atoms with Gasteiger partial charge in [-0.05, 0) is 49.7 Å². The lowest BCUT2D eigenvalue weighted by Gasteiger charge is -2.10. The third-order valence-corrected chi connectivity index (χ3v) is 3.61. The van der Waals surface area contributed by atoms with Crippen LogP contribution in [0.3, 0.4) is 0 Å². The maximum absolute atomic E-state index is 11.9. The number of rotatable bonds is 9. The van der Waals surface area contributed by atoms with Crippen LogP contribution in [0.15, 0.2) is 48.5 Å². The van der Waals surface area contributed by atoms with Gasteiger partial charge in [-0.3, -0.25) is 15.0 Å². The average Bonchev–Trinajstić information content (AvgIpc) is 2.68. The van der Waals surface area contributed by atoms with E-state index >= 15 is 0 Å². The van der Waals surface area contributed by atoms with E-state index in [1.54, 1.807) is 37.3 Å².